The highest BCUT2D eigenvalue weighted by Crippen LogP contribution is 2.13. The first kappa shape index (κ1) is 10.9. The summed E-state index contributed by atoms with van der Waals surface area (Å²) in [4.78, 5) is 24.1. The molecule has 16 heavy (non-hydrogen) atoms. The summed E-state index contributed by atoms with van der Waals surface area (Å²) in [6.45, 7) is 3.22. The molecular formula is C13H15NO2. The first-order valence-corrected chi connectivity index (χ1v) is 5.60. The Morgan fingerprint density at radius 1 is 1.12 bits per heavy atom. The van der Waals surface area contributed by atoms with Gasteiger partial charge in [-0.3, -0.25) is 9.59 Å². The van der Waals surface area contributed by atoms with E-state index in [1.165, 1.54) is 5.56 Å². The van der Waals surface area contributed by atoms with E-state index < -0.39 is 0 Å². The van der Waals surface area contributed by atoms with Gasteiger partial charge in [-0.25, -0.2) is 0 Å². The van der Waals surface area contributed by atoms with Crippen LogP contribution in [0.25, 0.3) is 0 Å². The van der Waals surface area contributed by atoms with Gasteiger partial charge in [0.15, 0.2) is 0 Å². The van der Waals surface area contributed by atoms with Gasteiger partial charge >= 0.3 is 0 Å². The Bertz CT molecular complexity index is 408. The van der Waals surface area contributed by atoms with E-state index in [4.69, 9.17) is 0 Å². The van der Waals surface area contributed by atoms with Crippen LogP contribution in [0.15, 0.2) is 24.3 Å². The number of aryl methyl sites for hydroxylation is 1. The van der Waals surface area contributed by atoms with Crippen LogP contribution in [0.1, 0.15) is 24.5 Å². The third-order valence-corrected chi connectivity index (χ3v) is 2.94. The lowest BCUT2D eigenvalue weighted by Gasteiger charge is -2.14. The molecule has 1 aromatic rings. The van der Waals surface area contributed by atoms with Crippen LogP contribution in [0.2, 0.25) is 0 Å². The fourth-order valence-corrected chi connectivity index (χ4v) is 1.87. The number of hydrogen-bond donors (Lipinski definition) is 0. The molecule has 3 nitrogen and oxygen atoms in total. The van der Waals surface area contributed by atoms with E-state index in [-0.39, 0.29) is 11.7 Å². The summed E-state index contributed by atoms with van der Waals surface area (Å²) in [6.07, 6.45) is 1.38. The third-order valence-electron chi connectivity index (χ3n) is 2.94. The van der Waals surface area contributed by atoms with Gasteiger partial charge in [0.2, 0.25) is 5.78 Å². The SMILES string of the molecule is CCc1ccc(CN2CCC(=O)C2=O)cc1. The fourth-order valence-electron chi connectivity index (χ4n) is 1.87. The number of amides is 1. The molecule has 0 spiro atoms. The van der Waals surface area contributed by atoms with Crippen molar-refractivity contribution in [1.29, 1.82) is 0 Å². The average Bonchev–Trinajstić information content (AvgIpc) is 2.62. The van der Waals surface area contributed by atoms with Crippen LogP contribution < -0.4 is 0 Å². The molecule has 1 heterocycles. The zero-order valence-electron chi connectivity index (χ0n) is 9.40. The minimum Gasteiger partial charge on any atom is -0.331 e. The molecule has 84 valence electrons. The molecule has 1 saturated heterocycles. The number of ketones is 1. The molecule has 0 atom stereocenters. The van der Waals surface area contributed by atoms with Crippen molar-refractivity contribution in [3.63, 3.8) is 0 Å². The van der Waals surface area contributed by atoms with Crippen molar-refractivity contribution in [3.8, 4) is 0 Å². The molecule has 1 amide bonds. The number of Topliss-reactive ketones (excluding diaryl/α,β-unsaturated/α-hetero) is 1. The minimum atomic E-state index is -0.334. The standard InChI is InChI=1S/C13H15NO2/c1-2-10-3-5-11(6-4-10)9-14-8-7-12(15)13(14)16/h3-6H,2,7-9H2,1H3. The quantitative estimate of drug-likeness (QED) is 0.720. The number of nitrogens with zero attached hydrogens (tertiary/aromatic N) is 1. The lowest BCUT2D eigenvalue weighted by atomic mass is 10.1. The second-order valence-corrected chi connectivity index (χ2v) is 4.07. The predicted molar refractivity (Wildman–Crippen MR) is 60.9 cm³/mol. The van der Waals surface area contributed by atoms with Gasteiger partial charge in [-0.1, -0.05) is 31.2 Å². The number of likely N-dealkylation sites (tertiary alicyclic amines) is 1. The van der Waals surface area contributed by atoms with Crippen LogP contribution in [-0.2, 0) is 22.6 Å². The van der Waals surface area contributed by atoms with E-state index in [1.54, 1.807) is 4.90 Å². The van der Waals surface area contributed by atoms with Crippen LogP contribution in [0.5, 0.6) is 0 Å². The molecule has 1 fully saturated rings. The van der Waals surface area contributed by atoms with Crippen LogP contribution >= 0.6 is 0 Å². The van der Waals surface area contributed by atoms with Crippen molar-refractivity contribution in [2.24, 2.45) is 0 Å². The molecule has 0 saturated carbocycles. The van der Waals surface area contributed by atoms with Crippen molar-refractivity contribution >= 4 is 11.7 Å². The monoisotopic (exact) mass is 217 g/mol. The maximum atomic E-state index is 11.4. The molecule has 1 aliphatic heterocycles. The Morgan fingerprint density at radius 3 is 2.25 bits per heavy atom. The molecule has 0 radical (unpaired) electrons. The molecule has 1 aliphatic rings. The van der Waals surface area contributed by atoms with Gasteiger partial charge < -0.3 is 4.90 Å². The van der Waals surface area contributed by atoms with Crippen LogP contribution in [0.3, 0.4) is 0 Å². The lowest BCUT2D eigenvalue weighted by molar-refractivity contribution is -0.140. The van der Waals surface area contributed by atoms with Crippen molar-refractivity contribution < 1.29 is 9.59 Å². The Morgan fingerprint density at radius 2 is 1.75 bits per heavy atom. The van der Waals surface area contributed by atoms with Gasteiger partial charge in [-0.2, -0.15) is 0 Å². The number of hydrogen-bond acceptors (Lipinski definition) is 2. The van der Waals surface area contributed by atoms with Gasteiger partial charge in [-0.05, 0) is 17.5 Å². The minimum absolute atomic E-state index is 0.259. The van der Waals surface area contributed by atoms with E-state index in [9.17, 15) is 9.59 Å². The second-order valence-electron chi connectivity index (χ2n) is 4.07. The molecule has 0 unspecified atom stereocenters. The highest BCUT2D eigenvalue weighted by atomic mass is 16.2. The van der Waals surface area contributed by atoms with Gasteiger partial charge in [-0.15, -0.1) is 0 Å². The summed E-state index contributed by atoms with van der Waals surface area (Å²) in [5.41, 5.74) is 2.37. The number of benzene rings is 1. The lowest BCUT2D eigenvalue weighted by Crippen LogP contribution is -2.26. The summed E-state index contributed by atoms with van der Waals surface area (Å²) in [5, 5.41) is 0. The van der Waals surface area contributed by atoms with Gasteiger partial charge in [0.1, 0.15) is 0 Å². The Kier molecular flexibility index (Phi) is 3.04. The highest BCUT2D eigenvalue weighted by molar-refractivity contribution is 6.37. The molecule has 0 bridgehead atoms. The third kappa shape index (κ3) is 2.13. The Labute approximate surface area is 95.1 Å². The Hall–Kier alpha value is -1.64. The van der Waals surface area contributed by atoms with Crippen molar-refractivity contribution in [3.05, 3.63) is 35.4 Å². The predicted octanol–water partition coefficient (Wildman–Crippen LogP) is 1.55. The molecule has 1 aromatic carbocycles. The molecular weight excluding hydrogens is 202 g/mol. The maximum absolute atomic E-state index is 11.4. The van der Waals surface area contributed by atoms with Crippen molar-refractivity contribution in [2.75, 3.05) is 6.54 Å². The van der Waals surface area contributed by atoms with E-state index in [2.05, 4.69) is 19.1 Å². The molecule has 0 aromatic heterocycles. The van der Waals surface area contributed by atoms with E-state index in [0.717, 1.165) is 12.0 Å². The molecule has 2 rings (SSSR count). The largest absolute Gasteiger partial charge is 0.331 e. The Balaban J connectivity index is 2.04. The van der Waals surface area contributed by atoms with Gasteiger partial charge in [0.05, 0.1) is 0 Å². The first-order valence-electron chi connectivity index (χ1n) is 5.60. The highest BCUT2D eigenvalue weighted by Gasteiger charge is 2.28. The molecule has 3 heteroatoms. The van der Waals surface area contributed by atoms with Crippen LogP contribution in [0.4, 0.5) is 0 Å². The van der Waals surface area contributed by atoms with E-state index in [0.29, 0.717) is 19.5 Å². The smallest absolute Gasteiger partial charge is 0.290 e. The van der Waals surface area contributed by atoms with Crippen molar-refractivity contribution in [1.82, 2.24) is 4.90 Å². The zero-order chi connectivity index (χ0) is 11.5. The molecule has 0 N–H and O–H groups in total. The first-order chi connectivity index (χ1) is 7.70. The number of carbonyl (C=O) groups is 2. The topological polar surface area (TPSA) is 37.4 Å². The van der Waals surface area contributed by atoms with Gasteiger partial charge in [0.25, 0.3) is 5.91 Å². The maximum Gasteiger partial charge on any atom is 0.290 e. The van der Waals surface area contributed by atoms with Gasteiger partial charge in [0, 0.05) is 19.5 Å². The van der Waals surface area contributed by atoms with Crippen LogP contribution in [0, 0.1) is 0 Å². The van der Waals surface area contributed by atoms with E-state index in [1.807, 2.05) is 12.1 Å². The van der Waals surface area contributed by atoms with Crippen molar-refractivity contribution in [2.45, 2.75) is 26.3 Å². The summed E-state index contributed by atoms with van der Waals surface area (Å²) in [6, 6.07) is 8.18. The summed E-state index contributed by atoms with van der Waals surface area (Å²) < 4.78 is 0. The number of rotatable bonds is 3. The normalized spacial score (nSPS) is 15.9. The van der Waals surface area contributed by atoms with Crippen LogP contribution in [-0.4, -0.2) is 23.1 Å². The summed E-state index contributed by atoms with van der Waals surface area (Å²) in [7, 11) is 0. The summed E-state index contributed by atoms with van der Waals surface area (Å²) in [5.74, 6) is -0.593. The second kappa shape index (κ2) is 4.47. The summed E-state index contributed by atoms with van der Waals surface area (Å²) >= 11 is 0. The zero-order valence-corrected chi connectivity index (χ0v) is 9.40. The average molecular weight is 217 g/mol. The molecule has 0 aliphatic carbocycles. The fraction of sp³-hybridized carbons (Fsp3) is 0.385. The van der Waals surface area contributed by atoms with E-state index >= 15 is 0 Å². The number of carbonyl (C=O) groups excluding carboxylic acids is 2.